The molecule has 2 heterocycles. The third-order valence-electron chi connectivity index (χ3n) is 5.15. The van der Waals surface area contributed by atoms with Gasteiger partial charge in [-0.3, -0.25) is 14.5 Å². The second-order valence-electron chi connectivity index (χ2n) is 6.74. The number of likely N-dealkylation sites (tertiary alicyclic amines) is 1. The van der Waals surface area contributed by atoms with Crippen molar-refractivity contribution in [1.82, 2.24) is 10.2 Å². The molecule has 1 saturated carbocycles. The molecular formula is C15H24N2O2. The predicted octanol–water partition coefficient (Wildman–Crippen LogP) is 1.69. The summed E-state index contributed by atoms with van der Waals surface area (Å²) in [5.74, 6) is 0.758. The van der Waals surface area contributed by atoms with Crippen molar-refractivity contribution in [1.29, 1.82) is 0 Å². The minimum atomic E-state index is -0.323. The molecule has 1 spiro atoms. The molecule has 3 aliphatic rings. The summed E-state index contributed by atoms with van der Waals surface area (Å²) in [7, 11) is 0. The van der Waals surface area contributed by atoms with Crippen molar-refractivity contribution < 1.29 is 9.59 Å². The molecule has 2 atom stereocenters. The SMILES string of the molecule is CC1CNCC(N2C(=O)CC3(CCCCC3)C2=O)C1. The Balaban J connectivity index is 1.78. The summed E-state index contributed by atoms with van der Waals surface area (Å²) in [6.07, 6.45) is 6.69. The number of nitrogens with zero attached hydrogens (tertiary/aromatic N) is 1. The normalized spacial score (nSPS) is 35.1. The van der Waals surface area contributed by atoms with Crippen molar-refractivity contribution in [2.24, 2.45) is 11.3 Å². The summed E-state index contributed by atoms with van der Waals surface area (Å²) in [5.41, 5.74) is -0.323. The topological polar surface area (TPSA) is 49.4 Å². The van der Waals surface area contributed by atoms with E-state index in [2.05, 4.69) is 12.2 Å². The van der Waals surface area contributed by atoms with Crippen LogP contribution in [0.15, 0.2) is 0 Å². The van der Waals surface area contributed by atoms with E-state index in [9.17, 15) is 9.59 Å². The molecular weight excluding hydrogens is 240 g/mol. The lowest BCUT2D eigenvalue weighted by atomic mass is 9.73. The molecule has 106 valence electrons. The Bertz CT molecular complexity index is 388. The molecule has 3 rings (SSSR count). The van der Waals surface area contributed by atoms with Gasteiger partial charge in [0.2, 0.25) is 11.8 Å². The monoisotopic (exact) mass is 264 g/mol. The van der Waals surface area contributed by atoms with Gasteiger partial charge in [0.15, 0.2) is 0 Å². The minimum absolute atomic E-state index is 0.0767. The van der Waals surface area contributed by atoms with Crippen LogP contribution < -0.4 is 5.32 Å². The van der Waals surface area contributed by atoms with Gasteiger partial charge in [0, 0.05) is 13.0 Å². The fourth-order valence-electron chi connectivity index (χ4n) is 4.13. The van der Waals surface area contributed by atoms with Gasteiger partial charge >= 0.3 is 0 Å². The third-order valence-corrected chi connectivity index (χ3v) is 5.15. The van der Waals surface area contributed by atoms with Crippen LogP contribution in [0.1, 0.15) is 51.9 Å². The standard InChI is InChI=1S/C15H24N2O2/c1-11-7-12(10-16-9-11)17-13(18)8-15(14(17)19)5-3-2-4-6-15/h11-12,16H,2-10H2,1H3. The molecule has 0 radical (unpaired) electrons. The van der Waals surface area contributed by atoms with Crippen molar-refractivity contribution in [3.8, 4) is 0 Å². The lowest BCUT2D eigenvalue weighted by Crippen LogP contribution is -2.52. The molecule has 2 aliphatic heterocycles. The van der Waals surface area contributed by atoms with Gasteiger partial charge in [-0.1, -0.05) is 26.2 Å². The Labute approximate surface area is 114 Å². The number of imide groups is 1. The van der Waals surface area contributed by atoms with E-state index >= 15 is 0 Å². The number of carbonyl (C=O) groups excluding carboxylic acids is 2. The Morgan fingerprint density at radius 3 is 2.58 bits per heavy atom. The van der Waals surface area contributed by atoms with Crippen molar-refractivity contribution in [3.05, 3.63) is 0 Å². The van der Waals surface area contributed by atoms with Crippen LogP contribution in [0.5, 0.6) is 0 Å². The zero-order valence-electron chi connectivity index (χ0n) is 11.8. The lowest BCUT2D eigenvalue weighted by molar-refractivity contribution is -0.145. The van der Waals surface area contributed by atoms with Crippen LogP contribution in [0.4, 0.5) is 0 Å². The van der Waals surface area contributed by atoms with Crippen molar-refractivity contribution in [2.75, 3.05) is 13.1 Å². The highest BCUT2D eigenvalue weighted by Crippen LogP contribution is 2.46. The van der Waals surface area contributed by atoms with Gasteiger partial charge in [-0.05, 0) is 31.7 Å². The zero-order chi connectivity index (χ0) is 13.5. The summed E-state index contributed by atoms with van der Waals surface area (Å²) in [6.45, 7) is 3.95. The first-order valence-electron chi connectivity index (χ1n) is 7.70. The first-order chi connectivity index (χ1) is 9.12. The summed E-state index contributed by atoms with van der Waals surface area (Å²) >= 11 is 0. The second-order valence-corrected chi connectivity index (χ2v) is 6.74. The van der Waals surface area contributed by atoms with Crippen LogP contribution in [0.25, 0.3) is 0 Å². The van der Waals surface area contributed by atoms with E-state index in [0.29, 0.717) is 12.3 Å². The Kier molecular flexibility index (Phi) is 3.37. The average Bonchev–Trinajstić information content (AvgIpc) is 2.62. The highest BCUT2D eigenvalue weighted by molar-refractivity contribution is 6.06. The van der Waals surface area contributed by atoms with Crippen molar-refractivity contribution in [2.45, 2.75) is 57.9 Å². The van der Waals surface area contributed by atoms with Gasteiger partial charge in [-0.25, -0.2) is 0 Å². The quantitative estimate of drug-likeness (QED) is 0.733. The predicted molar refractivity (Wildman–Crippen MR) is 72.4 cm³/mol. The van der Waals surface area contributed by atoms with Crippen molar-refractivity contribution >= 4 is 11.8 Å². The highest BCUT2D eigenvalue weighted by atomic mass is 16.2. The smallest absolute Gasteiger partial charge is 0.236 e. The van der Waals surface area contributed by atoms with Gasteiger partial charge in [-0.15, -0.1) is 0 Å². The van der Waals surface area contributed by atoms with Crippen molar-refractivity contribution in [3.63, 3.8) is 0 Å². The molecule has 2 saturated heterocycles. The highest BCUT2D eigenvalue weighted by Gasteiger charge is 2.53. The molecule has 1 N–H and O–H groups in total. The molecule has 19 heavy (non-hydrogen) atoms. The molecule has 0 bridgehead atoms. The molecule has 2 unspecified atom stereocenters. The number of amides is 2. The first kappa shape index (κ1) is 13.1. The number of nitrogens with one attached hydrogen (secondary N) is 1. The zero-order valence-corrected chi connectivity index (χ0v) is 11.8. The second kappa shape index (κ2) is 4.89. The van der Waals surface area contributed by atoms with Crippen LogP contribution in [0.3, 0.4) is 0 Å². The maximum atomic E-state index is 12.8. The third kappa shape index (κ3) is 2.20. The van der Waals surface area contributed by atoms with Crippen LogP contribution in [0, 0.1) is 11.3 Å². The molecule has 4 heteroatoms. The van der Waals surface area contributed by atoms with Gasteiger partial charge < -0.3 is 5.32 Å². The van der Waals surface area contributed by atoms with E-state index in [0.717, 1.165) is 45.2 Å². The molecule has 2 amide bonds. The largest absolute Gasteiger partial charge is 0.314 e. The summed E-state index contributed by atoms with van der Waals surface area (Å²) in [5, 5.41) is 3.35. The number of carbonyl (C=O) groups is 2. The van der Waals surface area contributed by atoms with Crippen LogP contribution in [-0.2, 0) is 9.59 Å². The van der Waals surface area contributed by atoms with E-state index in [1.807, 2.05) is 0 Å². The van der Waals surface area contributed by atoms with Crippen LogP contribution in [-0.4, -0.2) is 35.8 Å². The summed E-state index contributed by atoms with van der Waals surface area (Å²) in [4.78, 5) is 26.7. The van der Waals surface area contributed by atoms with Crippen LogP contribution >= 0.6 is 0 Å². The molecule has 3 fully saturated rings. The van der Waals surface area contributed by atoms with E-state index in [4.69, 9.17) is 0 Å². The summed E-state index contributed by atoms with van der Waals surface area (Å²) in [6, 6.07) is 0.0880. The number of rotatable bonds is 1. The van der Waals surface area contributed by atoms with Gasteiger partial charge in [0.25, 0.3) is 0 Å². The molecule has 1 aliphatic carbocycles. The van der Waals surface area contributed by atoms with E-state index in [1.165, 1.54) is 6.42 Å². The first-order valence-corrected chi connectivity index (χ1v) is 7.70. The Hall–Kier alpha value is -0.900. The fraction of sp³-hybridized carbons (Fsp3) is 0.867. The van der Waals surface area contributed by atoms with E-state index < -0.39 is 0 Å². The van der Waals surface area contributed by atoms with Gasteiger partial charge in [0.05, 0.1) is 11.5 Å². The summed E-state index contributed by atoms with van der Waals surface area (Å²) < 4.78 is 0. The Morgan fingerprint density at radius 2 is 1.89 bits per heavy atom. The molecule has 0 aromatic heterocycles. The van der Waals surface area contributed by atoms with Crippen LogP contribution in [0.2, 0.25) is 0 Å². The van der Waals surface area contributed by atoms with E-state index in [1.54, 1.807) is 4.90 Å². The molecule has 0 aromatic rings. The fourth-order valence-corrected chi connectivity index (χ4v) is 4.13. The Morgan fingerprint density at radius 1 is 1.16 bits per heavy atom. The maximum absolute atomic E-state index is 12.8. The number of piperidine rings is 1. The maximum Gasteiger partial charge on any atom is 0.236 e. The molecule has 0 aromatic carbocycles. The van der Waals surface area contributed by atoms with E-state index in [-0.39, 0.29) is 23.3 Å². The number of hydrogen-bond acceptors (Lipinski definition) is 3. The minimum Gasteiger partial charge on any atom is -0.314 e. The number of hydrogen-bond donors (Lipinski definition) is 1. The average molecular weight is 264 g/mol. The lowest BCUT2D eigenvalue weighted by Gasteiger charge is -2.36. The van der Waals surface area contributed by atoms with Gasteiger partial charge in [0.1, 0.15) is 0 Å². The van der Waals surface area contributed by atoms with Gasteiger partial charge in [-0.2, -0.15) is 0 Å². The molecule has 4 nitrogen and oxygen atoms in total.